The summed E-state index contributed by atoms with van der Waals surface area (Å²) in [7, 11) is 0. The number of phenols is 1. The summed E-state index contributed by atoms with van der Waals surface area (Å²) in [4.78, 5) is 13.8. The van der Waals surface area contributed by atoms with Crippen LogP contribution < -0.4 is 0 Å². The Balaban J connectivity index is 2.21. The van der Waals surface area contributed by atoms with Crippen molar-refractivity contribution in [1.29, 1.82) is 0 Å². The van der Waals surface area contributed by atoms with Gasteiger partial charge in [-0.3, -0.25) is 4.79 Å². The van der Waals surface area contributed by atoms with E-state index < -0.39 is 0 Å². The molecular formula is C12H14BrNO3. The Morgan fingerprint density at radius 3 is 2.94 bits per heavy atom. The zero-order valence-electron chi connectivity index (χ0n) is 9.27. The standard InChI is InChI=1S/C12H14BrNO3/c13-10-4-3-8(6-11(10)16)12(17)14-5-1-2-9(14)7-15/h3-4,6,9,15-16H,1-2,5,7H2/t9-/m0/s1. The van der Waals surface area contributed by atoms with E-state index in [0.717, 1.165) is 12.8 Å². The number of carbonyl (C=O) groups is 1. The Bertz CT molecular complexity index is 436. The Labute approximate surface area is 108 Å². The van der Waals surface area contributed by atoms with Gasteiger partial charge in [-0.2, -0.15) is 0 Å². The lowest BCUT2D eigenvalue weighted by Gasteiger charge is -2.23. The highest BCUT2D eigenvalue weighted by Gasteiger charge is 2.28. The number of phenolic OH excluding ortho intramolecular Hbond substituents is 1. The van der Waals surface area contributed by atoms with Gasteiger partial charge < -0.3 is 15.1 Å². The van der Waals surface area contributed by atoms with Crippen molar-refractivity contribution in [3.8, 4) is 5.75 Å². The van der Waals surface area contributed by atoms with Crippen LogP contribution in [0.25, 0.3) is 0 Å². The van der Waals surface area contributed by atoms with Gasteiger partial charge in [-0.25, -0.2) is 0 Å². The van der Waals surface area contributed by atoms with Crippen molar-refractivity contribution in [2.45, 2.75) is 18.9 Å². The van der Waals surface area contributed by atoms with Gasteiger partial charge in [-0.05, 0) is 47.0 Å². The van der Waals surface area contributed by atoms with E-state index in [2.05, 4.69) is 15.9 Å². The minimum absolute atomic E-state index is 0.00570. The molecule has 0 saturated carbocycles. The highest BCUT2D eigenvalue weighted by atomic mass is 79.9. The van der Waals surface area contributed by atoms with Crippen molar-refractivity contribution >= 4 is 21.8 Å². The lowest BCUT2D eigenvalue weighted by atomic mass is 10.1. The molecule has 17 heavy (non-hydrogen) atoms. The van der Waals surface area contributed by atoms with Gasteiger partial charge >= 0.3 is 0 Å². The molecule has 2 N–H and O–H groups in total. The number of aliphatic hydroxyl groups is 1. The molecule has 0 spiro atoms. The molecule has 1 fully saturated rings. The zero-order valence-corrected chi connectivity index (χ0v) is 10.9. The van der Waals surface area contributed by atoms with E-state index in [1.807, 2.05) is 0 Å². The molecule has 0 bridgehead atoms. The number of nitrogens with zero attached hydrogens (tertiary/aromatic N) is 1. The van der Waals surface area contributed by atoms with Crippen LogP contribution in [0.1, 0.15) is 23.2 Å². The molecule has 2 rings (SSSR count). The maximum Gasteiger partial charge on any atom is 0.254 e. The fourth-order valence-electron chi connectivity index (χ4n) is 2.10. The quantitative estimate of drug-likeness (QED) is 0.875. The van der Waals surface area contributed by atoms with Crippen LogP contribution in [-0.4, -0.2) is 40.2 Å². The molecule has 5 heteroatoms. The molecule has 1 aliphatic rings. The van der Waals surface area contributed by atoms with Crippen molar-refractivity contribution in [1.82, 2.24) is 4.90 Å². The summed E-state index contributed by atoms with van der Waals surface area (Å²) < 4.78 is 0.564. The number of hydrogen-bond donors (Lipinski definition) is 2. The third kappa shape index (κ3) is 2.45. The van der Waals surface area contributed by atoms with Crippen molar-refractivity contribution in [3.05, 3.63) is 28.2 Å². The van der Waals surface area contributed by atoms with Crippen molar-refractivity contribution in [2.75, 3.05) is 13.2 Å². The van der Waals surface area contributed by atoms with Crippen LogP contribution in [0, 0.1) is 0 Å². The van der Waals surface area contributed by atoms with Crippen molar-refractivity contribution in [2.24, 2.45) is 0 Å². The zero-order chi connectivity index (χ0) is 12.4. The first-order valence-electron chi connectivity index (χ1n) is 5.54. The predicted molar refractivity (Wildman–Crippen MR) is 67.0 cm³/mol. The Morgan fingerprint density at radius 2 is 2.29 bits per heavy atom. The third-order valence-corrected chi connectivity index (χ3v) is 3.71. The second-order valence-corrected chi connectivity index (χ2v) is 5.00. The van der Waals surface area contributed by atoms with E-state index in [4.69, 9.17) is 0 Å². The predicted octanol–water partition coefficient (Wildman–Crippen LogP) is 1.75. The summed E-state index contributed by atoms with van der Waals surface area (Å²) in [6, 6.07) is 4.67. The molecule has 0 aliphatic carbocycles. The minimum Gasteiger partial charge on any atom is -0.507 e. The first-order chi connectivity index (χ1) is 8.13. The molecule has 1 aromatic carbocycles. The largest absolute Gasteiger partial charge is 0.507 e. The minimum atomic E-state index is -0.135. The van der Waals surface area contributed by atoms with E-state index in [1.54, 1.807) is 17.0 Å². The van der Waals surface area contributed by atoms with Crippen molar-refractivity contribution < 1.29 is 15.0 Å². The number of rotatable bonds is 2. The van der Waals surface area contributed by atoms with Gasteiger partial charge in [0.25, 0.3) is 5.91 Å². The van der Waals surface area contributed by atoms with Crippen LogP contribution in [0.3, 0.4) is 0 Å². The van der Waals surface area contributed by atoms with Crippen LogP contribution in [0.5, 0.6) is 5.75 Å². The fourth-order valence-corrected chi connectivity index (χ4v) is 2.35. The van der Waals surface area contributed by atoms with Gasteiger partial charge in [0.1, 0.15) is 5.75 Å². The summed E-state index contributed by atoms with van der Waals surface area (Å²) in [5.74, 6) is -0.0834. The van der Waals surface area contributed by atoms with Crippen molar-refractivity contribution in [3.63, 3.8) is 0 Å². The number of carbonyl (C=O) groups excluding carboxylic acids is 1. The van der Waals surface area contributed by atoms with Crippen LogP contribution in [0.15, 0.2) is 22.7 Å². The number of halogens is 1. The molecule has 92 valence electrons. The molecule has 1 saturated heterocycles. The third-order valence-electron chi connectivity index (χ3n) is 3.04. The Kier molecular flexibility index (Phi) is 3.69. The number of aromatic hydroxyl groups is 1. The monoisotopic (exact) mass is 299 g/mol. The maximum absolute atomic E-state index is 12.2. The normalized spacial score (nSPS) is 19.6. The Morgan fingerprint density at radius 1 is 1.53 bits per heavy atom. The van der Waals surface area contributed by atoms with Gasteiger partial charge in [0.15, 0.2) is 0 Å². The molecule has 4 nitrogen and oxygen atoms in total. The molecule has 0 radical (unpaired) electrons. The number of amides is 1. The number of benzene rings is 1. The molecule has 1 amide bonds. The van der Waals surface area contributed by atoms with Gasteiger partial charge in [0.05, 0.1) is 17.1 Å². The van der Waals surface area contributed by atoms with E-state index in [0.29, 0.717) is 16.6 Å². The van der Waals surface area contributed by atoms with E-state index in [9.17, 15) is 15.0 Å². The first-order valence-corrected chi connectivity index (χ1v) is 6.33. The van der Waals surface area contributed by atoms with Gasteiger partial charge in [0, 0.05) is 12.1 Å². The lowest BCUT2D eigenvalue weighted by Crippen LogP contribution is -2.37. The molecule has 1 heterocycles. The van der Waals surface area contributed by atoms with Crippen LogP contribution in [0.2, 0.25) is 0 Å². The van der Waals surface area contributed by atoms with Crippen LogP contribution in [0.4, 0.5) is 0 Å². The molecule has 1 aliphatic heterocycles. The maximum atomic E-state index is 12.2. The Hall–Kier alpha value is -1.07. The second kappa shape index (κ2) is 5.06. The average Bonchev–Trinajstić information content (AvgIpc) is 2.80. The number of likely N-dealkylation sites (tertiary alicyclic amines) is 1. The van der Waals surface area contributed by atoms with E-state index in [1.165, 1.54) is 6.07 Å². The van der Waals surface area contributed by atoms with E-state index in [-0.39, 0.29) is 24.3 Å². The average molecular weight is 300 g/mol. The molecule has 0 aromatic heterocycles. The van der Waals surface area contributed by atoms with Gasteiger partial charge in [-0.15, -0.1) is 0 Å². The summed E-state index contributed by atoms with van der Waals surface area (Å²) in [5.41, 5.74) is 0.450. The highest BCUT2D eigenvalue weighted by molar-refractivity contribution is 9.10. The molecule has 1 atom stereocenters. The highest BCUT2D eigenvalue weighted by Crippen LogP contribution is 2.26. The lowest BCUT2D eigenvalue weighted by molar-refractivity contribution is 0.0677. The molecule has 1 aromatic rings. The molecule has 0 unspecified atom stereocenters. The fraction of sp³-hybridized carbons (Fsp3) is 0.417. The number of hydrogen-bond acceptors (Lipinski definition) is 3. The van der Waals surface area contributed by atoms with Gasteiger partial charge in [-0.1, -0.05) is 0 Å². The summed E-state index contributed by atoms with van der Waals surface area (Å²) in [6.07, 6.45) is 1.75. The smallest absolute Gasteiger partial charge is 0.254 e. The van der Waals surface area contributed by atoms with Gasteiger partial charge in [0.2, 0.25) is 0 Å². The van der Waals surface area contributed by atoms with Crippen LogP contribution >= 0.6 is 15.9 Å². The topological polar surface area (TPSA) is 60.8 Å². The van der Waals surface area contributed by atoms with Crippen LogP contribution in [-0.2, 0) is 0 Å². The first kappa shape index (κ1) is 12.4. The molecular weight excluding hydrogens is 286 g/mol. The summed E-state index contributed by atoms with van der Waals surface area (Å²) in [6.45, 7) is 0.662. The number of aliphatic hydroxyl groups excluding tert-OH is 1. The second-order valence-electron chi connectivity index (χ2n) is 4.14. The SMILES string of the molecule is O=C(c1ccc(Br)c(O)c1)N1CCC[C@H]1CO. The summed E-state index contributed by atoms with van der Waals surface area (Å²) in [5, 5.41) is 18.7. The van der Waals surface area contributed by atoms with E-state index >= 15 is 0 Å². The summed E-state index contributed by atoms with van der Waals surface area (Å²) >= 11 is 3.17.